The predicted molar refractivity (Wildman–Crippen MR) is 127 cm³/mol. The van der Waals surface area contributed by atoms with Crippen molar-refractivity contribution in [2.45, 2.75) is 18.7 Å². The van der Waals surface area contributed by atoms with Gasteiger partial charge in [-0.2, -0.15) is 0 Å². The highest BCUT2D eigenvalue weighted by Crippen LogP contribution is 2.15. The minimum absolute atomic E-state index is 0.304. The van der Waals surface area contributed by atoms with Crippen LogP contribution in [0.5, 0.6) is 0 Å². The van der Waals surface area contributed by atoms with Gasteiger partial charge in [-0.1, -0.05) is 24.0 Å². The van der Waals surface area contributed by atoms with E-state index in [9.17, 15) is 14.4 Å². The SMILES string of the molecule is CNC(=O)C(C(=O)CO)N(C)C(=O)c1ccc(C#Cc2ccc(CN3CC(OC)C3)cc2)cc1. The van der Waals surface area contributed by atoms with Gasteiger partial charge in [0.05, 0.1) is 6.10 Å². The molecule has 0 bridgehead atoms. The number of amides is 2. The number of likely N-dealkylation sites (tertiary alicyclic amines) is 1. The summed E-state index contributed by atoms with van der Waals surface area (Å²) in [5.41, 5.74) is 3.14. The summed E-state index contributed by atoms with van der Waals surface area (Å²) in [5.74, 6) is 4.27. The van der Waals surface area contributed by atoms with Gasteiger partial charge in [0, 0.05) is 57.5 Å². The average molecular weight is 464 g/mol. The molecule has 0 spiro atoms. The first-order chi connectivity index (χ1) is 16.4. The van der Waals surface area contributed by atoms with E-state index in [1.54, 1.807) is 31.4 Å². The van der Waals surface area contributed by atoms with Crippen LogP contribution in [-0.2, 0) is 20.9 Å². The van der Waals surface area contributed by atoms with E-state index in [4.69, 9.17) is 9.84 Å². The maximum absolute atomic E-state index is 12.8. The zero-order valence-electron chi connectivity index (χ0n) is 19.6. The van der Waals surface area contributed by atoms with Crippen LogP contribution in [0.1, 0.15) is 27.0 Å². The van der Waals surface area contributed by atoms with Crippen molar-refractivity contribution < 1.29 is 24.2 Å². The quantitative estimate of drug-likeness (QED) is 0.441. The van der Waals surface area contributed by atoms with Gasteiger partial charge in [0.25, 0.3) is 5.91 Å². The number of benzene rings is 2. The number of hydrogen-bond donors (Lipinski definition) is 2. The summed E-state index contributed by atoms with van der Waals surface area (Å²) in [5, 5.41) is 11.5. The van der Waals surface area contributed by atoms with Crippen LogP contribution in [0.4, 0.5) is 0 Å². The molecule has 1 saturated heterocycles. The molecule has 34 heavy (non-hydrogen) atoms. The molecular weight excluding hydrogens is 434 g/mol. The number of methoxy groups -OCH3 is 1. The highest BCUT2D eigenvalue weighted by molar-refractivity contribution is 6.10. The Morgan fingerprint density at radius 2 is 1.65 bits per heavy atom. The number of ketones is 1. The van der Waals surface area contributed by atoms with E-state index in [1.807, 2.05) is 12.1 Å². The minimum Gasteiger partial charge on any atom is -0.388 e. The third kappa shape index (κ3) is 6.08. The lowest BCUT2D eigenvalue weighted by molar-refractivity contribution is -0.135. The second-order valence-electron chi connectivity index (χ2n) is 8.13. The lowest BCUT2D eigenvalue weighted by atomic mass is 10.1. The van der Waals surface area contributed by atoms with Crippen molar-refractivity contribution in [3.63, 3.8) is 0 Å². The molecule has 1 heterocycles. The van der Waals surface area contributed by atoms with Gasteiger partial charge in [0.1, 0.15) is 6.61 Å². The van der Waals surface area contributed by atoms with Gasteiger partial charge in [0.15, 0.2) is 11.8 Å². The van der Waals surface area contributed by atoms with Gasteiger partial charge >= 0.3 is 0 Å². The summed E-state index contributed by atoms with van der Waals surface area (Å²) < 4.78 is 5.30. The second kappa shape index (κ2) is 11.6. The Morgan fingerprint density at radius 3 is 2.15 bits per heavy atom. The van der Waals surface area contributed by atoms with Crippen molar-refractivity contribution in [1.29, 1.82) is 0 Å². The van der Waals surface area contributed by atoms with Crippen molar-refractivity contribution >= 4 is 17.6 Å². The maximum atomic E-state index is 12.8. The van der Waals surface area contributed by atoms with Crippen LogP contribution in [0.25, 0.3) is 0 Å². The average Bonchev–Trinajstić information content (AvgIpc) is 2.84. The third-order valence-corrected chi connectivity index (χ3v) is 5.76. The van der Waals surface area contributed by atoms with Crippen molar-refractivity contribution in [1.82, 2.24) is 15.1 Å². The van der Waals surface area contributed by atoms with Gasteiger partial charge in [0.2, 0.25) is 5.91 Å². The molecule has 0 aliphatic carbocycles. The maximum Gasteiger partial charge on any atom is 0.254 e. The first-order valence-electron chi connectivity index (χ1n) is 10.9. The van der Waals surface area contributed by atoms with E-state index in [2.05, 4.69) is 34.2 Å². The molecule has 0 radical (unpaired) electrons. The minimum atomic E-state index is -1.40. The molecule has 0 saturated carbocycles. The van der Waals surface area contributed by atoms with Crippen LogP contribution < -0.4 is 5.32 Å². The highest BCUT2D eigenvalue weighted by Gasteiger charge is 2.32. The summed E-state index contributed by atoms with van der Waals surface area (Å²) in [6.07, 6.45) is 0.340. The van der Waals surface area contributed by atoms with E-state index in [0.29, 0.717) is 11.7 Å². The van der Waals surface area contributed by atoms with Crippen molar-refractivity contribution in [2.24, 2.45) is 0 Å². The third-order valence-electron chi connectivity index (χ3n) is 5.76. The molecule has 1 unspecified atom stereocenters. The molecule has 2 aromatic carbocycles. The standard InChI is InChI=1S/C26H29N3O5/c1-27-25(32)24(23(31)17-30)28(2)26(33)21-12-10-19(11-13-21)5-4-18-6-8-20(9-7-18)14-29-15-22(16-29)34-3/h6-13,22,24,30H,14-17H2,1-3H3,(H,27,32). The van der Waals surface area contributed by atoms with E-state index in [1.165, 1.54) is 19.7 Å². The molecule has 1 fully saturated rings. The fourth-order valence-corrected chi connectivity index (χ4v) is 3.67. The molecule has 8 nitrogen and oxygen atoms in total. The lowest BCUT2D eigenvalue weighted by Gasteiger charge is -2.38. The van der Waals surface area contributed by atoms with Gasteiger partial charge in [-0.05, 0) is 42.0 Å². The first-order valence-corrected chi connectivity index (χ1v) is 10.9. The highest BCUT2D eigenvalue weighted by atomic mass is 16.5. The molecule has 178 valence electrons. The van der Waals surface area contributed by atoms with E-state index in [0.717, 1.165) is 35.7 Å². The van der Waals surface area contributed by atoms with E-state index in [-0.39, 0.29) is 0 Å². The summed E-state index contributed by atoms with van der Waals surface area (Å²) in [7, 11) is 4.46. The van der Waals surface area contributed by atoms with Gasteiger partial charge in [-0.25, -0.2) is 0 Å². The first kappa shape index (κ1) is 25.1. The Kier molecular flexibility index (Phi) is 8.55. The Morgan fingerprint density at radius 1 is 1.09 bits per heavy atom. The monoisotopic (exact) mass is 463 g/mol. The Bertz CT molecular complexity index is 1060. The number of hydrogen-bond acceptors (Lipinski definition) is 6. The summed E-state index contributed by atoms with van der Waals surface area (Å²) in [4.78, 5) is 40.1. The van der Waals surface area contributed by atoms with Crippen LogP contribution in [-0.4, -0.2) is 85.6 Å². The number of rotatable bonds is 8. The molecule has 1 atom stereocenters. The molecule has 3 rings (SSSR count). The number of Topliss-reactive ketones (excluding diaryl/α,β-unsaturated/α-hetero) is 1. The molecule has 0 aromatic heterocycles. The van der Waals surface area contributed by atoms with Crippen molar-refractivity contribution in [2.75, 3.05) is 40.9 Å². The van der Waals surface area contributed by atoms with Crippen molar-refractivity contribution in [3.05, 3.63) is 70.8 Å². The normalized spacial score (nSPS) is 14.4. The Labute approximate surface area is 199 Å². The second-order valence-corrected chi connectivity index (χ2v) is 8.13. The fraction of sp³-hybridized carbons (Fsp3) is 0.346. The van der Waals surface area contributed by atoms with E-state index >= 15 is 0 Å². The topological polar surface area (TPSA) is 99.2 Å². The number of nitrogens with one attached hydrogen (secondary N) is 1. The van der Waals surface area contributed by atoms with Crippen LogP contribution in [0.2, 0.25) is 0 Å². The molecule has 2 aromatic rings. The number of aliphatic hydroxyl groups is 1. The van der Waals surface area contributed by atoms with Gasteiger partial charge < -0.3 is 20.1 Å². The Balaban J connectivity index is 1.62. The van der Waals surface area contributed by atoms with E-state index < -0.39 is 30.2 Å². The zero-order valence-corrected chi connectivity index (χ0v) is 19.6. The summed E-state index contributed by atoms with van der Waals surface area (Å²) >= 11 is 0. The van der Waals surface area contributed by atoms with Crippen LogP contribution >= 0.6 is 0 Å². The van der Waals surface area contributed by atoms with Gasteiger partial charge in [-0.15, -0.1) is 0 Å². The predicted octanol–water partition coefficient (Wildman–Crippen LogP) is 0.665. The molecule has 1 aliphatic rings. The summed E-state index contributed by atoms with van der Waals surface area (Å²) in [6, 6.07) is 13.3. The fourth-order valence-electron chi connectivity index (χ4n) is 3.67. The number of carbonyl (C=O) groups is 3. The zero-order chi connectivity index (χ0) is 24.7. The number of aliphatic hydroxyl groups excluding tert-OH is 1. The number of carbonyl (C=O) groups excluding carboxylic acids is 3. The number of nitrogens with zero attached hydrogens (tertiary/aromatic N) is 2. The van der Waals surface area contributed by atoms with Gasteiger partial charge in [-0.3, -0.25) is 19.3 Å². The summed E-state index contributed by atoms with van der Waals surface area (Å²) in [6.45, 7) is 1.97. The Hall–Kier alpha value is -3.51. The lowest BCUT2D eigenvalue weighted by Crippen LogP contribution is -2.52. The van der Waals surface area contributed by atoms with Crippen LogP contribution in [0.3, 0.4) is 0 Å². The smallest absolute Gasteiger partial charge is 0.254 e. The number of ether oxygens (including phenoxy) is 1. The van der Waals surface area contributed by atoms with Crippen molar-refractivity contribution in [3.8, 4) is 11.8 Å². The molecule has 1 aliphatic heterocycles. The molecule has 8 heteroatoms. The largest absolute Gasteiger partial charge is 0.388 e. The molecular formula is C26H29N3O5. The van der Waals surface area contributed by atoms with Crippen LogP contribution in [0.15, 0.2) is 48.5 Å². The molecule has 2 amide bonds. The van der Waals surface area contributed by atoms with Crippen LogP contribution in [0, 0.1) is 11.8 Å². The molecule has 2 N–H and O–H groups in total. The number of likely N-dealkylation sites (N-methyl/N-ethyl adjacent to an activating group) is 2.